The second-order valence-corrected chi connectivity index (χ2v) is 5.33. The Morgan fingerprint density at radius 2 is 2.09 bits per heavy atom. The number of carboxylic acid groups (broad SMARTS) is 1. The Morgan fingerprint density at radius 1 is 1.43 bits per heavy atom. The Labute approximate surface area is 130 Å². The Morgan fingerprint density at radius 3 is 2.70 bits per heavy atom. The minimum atomic E-state index is -5.08. The van der Waals surface area contributed by atoms with Crippen molar-refractivity contribution in [2.75, 3.05) is 20.2 Å². The predicted molar refractivity (Wildman–Crippen MR) is 78.6 cm³/mol. The van der Waals surface area contributed by atoms with Gasteiger partial charge in [-0.25, -0.2) is 4.79 Å². The zero-order valence-corrected chi connectivity index (χ0v) is 12.7. The van der Waals surface area contributed by atoms with Gasteiger partial charge in [0.1, 0.15) is 12.4 Å². The van der Waals surface area contributed by atoms with E-state index in [1.807, 2.05) is 6.20 Å². The van der Waals surface area contributed by atoms with Crippen molar-refractivity contribution in [3.05, 3.63) is 29.5 Å². The molecule has 5 nitrogen and oxygen atoms in total. The van der Waals surface area contributed by atoms with Crippen LogP contribution in [0.25, 0.3) is 10.9 Å². The molecule has 0 saturated heterocycles. The second-order valence-electron chi connectivity index (χ2n) is 5.33. The minimum Gasteiger partial charge on any atom is -0.492 e. The van der Waals surface area contributed by atoms with Crippen LogP contribution in [0.5, 0.6) is 5.75 Å². The van der Waals surface area contributed by atoms with Crippen molar-refractivity contribution in [1.29, 1.82) is 0 Å². The number of hydrogen-bond acceptors (Lipinski definition) is 3. The molecule has 0 atom stereocenters. The summed E-state index contributed by atoms with van der Waals surface area (Å²) < 4.78 is 37.6. The predicted octanol–water partition coefficient (Wildman–Crippen LogP) is 2.93. The van der Waals surface area contributed by atoms with E-state index in [0.29, 0.717) is 0 Å². The summed E-state index contributed by atoms with van der Waals surface area (Å²) in [5.41, 5.74) is 3.79. The SMILES string of the molecule is Cc1cc2c(c3cc[nH]c13)CN(C)CCO2.O=C(O)C(F)(F)F. The molecule has 1 aliphatic rings. The fourth-order valence-corrected chi connectivity index (χ4v) is 2.39. The molecule has 23 heavy (non-hydrogen) atoms. The van der Waals surface area contributed by atoms with E-state index in [-0.39, 0.29) is 0 Å². The van der Waals surface area contributed by atoms with Crippen LogP contribution in [0, 0.1) is 6.92 Å². The van der Waals surface area contributed by atoms with Gasteiger partial charge in [-0.1, -0.05) is 0 Å². The van der Waals surface area contributed by atoms with E-state index in [2.05, 4.69) is 36.0 Å². The van der Waals surface area contributed by atoms with Gasteiger partial charge in [-0.05, 0) is 31.7 Å². The minimum absolute atomic E-state index is 0.777. The Bertz CT molecular complexity index is 710. The third-order valence-corrected chi connectivity index (χ3v) is 3.51. The molecule has 2 N–H and O–H groups in total. The van der Waals surface area contributed by atoms with Crippen LogP contribution in [-0.2, 0) is 11.3 Å². The number of aryl methyl sites for hydroxylation is 1. The summed E-state index contributed by atoms with van der Waals surface area (Å²) in [6.07, 6.45) is -3.08. The summed E-state index contributed by atoms with van der Waals surface area (Å²) in [7, 11) is 2.14. The van der Waals surface area contributed by atoms with Crippen molar-refractivity contribution in [3.8, 4) is 5.75 Å². The quantitative estimate of drug-likeness (QED) is 0.779. The lowest BCUT2D eigenvalue weighted by Crippen LogP contribution is -2.21. The summed E-state index contributed by atoms with van der Waals surface area (Å²) in [6.45, 7) is 4.85. The first-order valence-electron chi connectivity index (χ1n) is 6.91. The molecular weight excluding hydrogens is 313 g/mol. The molecule has 126 valence electrons. The van der Waals surface area contributed by atoms with E-state index in [9.17, 15) is 13.2 Å². The molecule has 1 aromatic carbocycles. The summed E-state index contributed by atoms with van der Waals surface area (Å²) in [4.78, 5) is 14.5. The number of aromatic nitrogens is 1. The average Bonchev–Trinajstić information content (AvgIpc) is 2.85. The van der Waals surface area contributed by atoms with Crippen LogP contribution in [0.1, 0.15) is 11.1 Å². The number of ether oxygens (including phenoxy) is 1. The number of halogens is 3. The maximum atomic E-state index is 10.6. The zero-order chi connectivity index (χ0) is 17.2. The number of nitrogens with zero attached hydrogens (tertiary/aromatic N) is 1. The smallest absolute Gasteiger partial charge is 0.490 e. The van der Waals surface area contributed by atoms with E-state index < -0.39 is 12.1 Å². The van der Waals surface area contributed by atoms with Gasteiger partial charge < -0.3 is 14.8 Å². The van der Waals surface area contributed by atoms with Crippen LogP contribution < -0.4 is 4.74 Å². The first kappa shape index (κ1) is 17.1. The van der Waals surface area contributed by atoms with Crippen molar-refractivity contribution in [1.82, 2.24) is 9.88 Å². The van der Waals surface area contributed by atoms with Gasteiger partial charge in [0, 0.05) is 35.8 Å². The lowest BCUT2D eigenvalue weighted by molar-refractivity contribution is -0.192. The summed E-state index contributed by atoms with van der Waals surface area (Å²) in [6, 6.07) is 4.29. The van der Waals surface area contributed by atoms with Gasteiger partial charge in [-0.2, -0.15) is 13.2 Å². The fraction of sp³-hybridized carbons (Fsp3) is 0.400. The molecule has 0 saturated carbocycles. The van der Waals surface area contributed by atoms with Crippen molar-refractivity contribution in [2.24, 2.45) is 0 Å². The van der Waals surface area contributed by atoms with Crippen molar-refractivity contribution < 1.29 is 27.8 Å². The Balaban J connectivity index is 0.000000236. The Hall–Kier alpha value is -2.22. The van der Waals surface area contributed by atoms with E-state index in [1.165, 1.54) is 22.0 Å². The van der Waals surface area contributed by atoms with Gasteiger partial charge >= 0.3 is 12.1 Å². The van der Waals surface area contributed by atoms with Gasteiger partial charge in [0.25, 0.3) is 0 Å². The molecular formula is C15H17F3N2O3. The van der Waals surface area contributed by atoms with E-state index in [1.54, 1.807) is 0 Å². The third kappa shape index (κ3) is 3.95. The summed E-state index contributed by atoms with van der Waals surface area (Å²) >= 11 is 0. The van der Waals surface area contributed by atoms with Crippen LogP contribution >= 0.6 is 0 Å². The van der Waals surface area contributed by atoms with Gasteiger partial charge in [-0.15, -0.1) is 0 Å². The molecule has 8 heteroatoms. The molecule has 1 aromatic heterocycles. The van der Waals surface area contributed by atoms with Crippen molar-refractivity contribution in [3.63, 3.8) is 0 Å². The van der Waals surface area contributed by atoms with Crippen LogP contribution in [0.2, 0.25) is 0 Å². The van der Waals surface area contributed by atoms with Crippen molar-refractivity contribution >= 4 is 16.9 Å². The van der Waals surface area contributed by atoms with E-state index >= 15 is 0 Å². The fourth-order valence-electron chi connectivity index (χ4n) is 2.39. The maximum Gasteiger partial charge on any atom is 0.490 e. The van der Waals surface area contributed by atoms with Crippen LogP contribution in [-0.4, -0.2) is 47.3 Å². The van der Waals surface area contributed by atoms with E-state index in [4.69, 9.17) is 14.6 Å². The summed E-state index contributed by atoms with van der Waals surface area (Å²) in [5.74, 6) is -1.71. The number of nitrogens with one attached hydrogen (secondary N) is 1. The highest BCUT2D eigenvalue weighted by Gasteiger charge is 2.38. The number of aliphatic carboxylic acids is 1. The molecule has 1 aliphatic heterocycles. The standard InChI is InChI=1S/C13H16N2O.C2HF3O2/c1-9-7-12-11(8-15(2)5-6-16-12)10-3-4-14-13(9)10;3-2(4,5)1(6)7/h3-4,7,14H,5-6,8H2,1-2H3;(H,6,7). The topological polar surface area (TPSA) is 65.6 Å². The third-order valence-electron chi connectivity index (χ3n) is 3.51. The highest BCUT2D eigenvalue weighted by atomic mass is 19.4. The number of carboxylic acids is 1. The van der Waals surface area contributed by atoms with E-state index in [0.717, 1.165) is 25.4 Å². The average molecular weight is 330 g/mol. The van der Waals surface area contributed by atoms with Crippen LogP contribution in [0.15, 0.2) is 18.3 Å². The molecule has 0 aliphatic carbocycles. The van der Waals surface area contributed by atoms with Gasteiger partial charge in [0.05, 0.1) is 0 Å². The van der Waals surface area contributed by atoms with Gasteiger partial charge in [0.2, 0.25) is 0 Å². The Kier molecular flexibility index (Phi) is 4.84. The van der Waals surface area contributed by atoms with Crippen LogP contribution in [0.3, 0.4) is 0 Å². The first-order valence-corrected chi connectivity index (χ1v) is 6.91. The number of benzene rings is 1. The lowest BCUT2D eigenvalue weighted by atomic mass is 10.0. The molecule has 0 bridgehead atoms. The summed E-state index contributed by atoms with van der Waals surface area (Å²) in [5, 5.41) is 8.42. The highest BCUT2D eigenvalue weighted by molar-refractivity contribution is 5.88. The highest BCUT2D eigenvalue weighted by Crippen LogP contribution is 2.32. The number of H-pyrrole nitrogens is 1. The largest absolute Gasteiger partial charge is 0.492 e. The number of likely N-dealkylation sites (N-methyl/N-ethyl adjacent to an activating group) is 1. The van der Waals surface area contributed by atoms with Crippen LogP contribution in [0.4, 0.5) is 13.2 Å². The zero-order valence-electron chi connectivity index (χ0n) is 12.7. The number of hydrogen-bond donors (Lipinski definition) is 2. The molecule has 3 rings (SSSR count). The number of fused-ring (bicyclic) bond motifs is 3. The molecule has 0 radical (unpaired) electrons. The number of aromatic amines is 1. The molecule has 0 amide bonds. The maximum absolute atomic E-state index is 10.6. The first-order chi connectivity index (χ1) is 10.7. The van der Waals surface area contributed by atoms with Gasteiger partial charge in [0.15, 0.2) is 0 Å². The monoisotopic (exact) mass is 330 g/mol. The number of rotatable bonds is 0. The normalized spacial score (nSPS) is 15.2. The molecule has 2 heterocycles. The molecule has 0 fully saturated rings. The molecule has 0 spiro atoms. The lowest BCUT2D eigenvalue weighted by Gasteiger charge is -2.13. The molecule has 0 unspecified atom stereocenters. The van der Waals surface area contributed by atoms with Gasteiger partial charge in [-0.3, -0.25) is 4.90 Å². The number of alkyl halides is 3. The van der Waals surface area contributed by atoms with Crippen molar-refractivity contribution in [2.45, 2.75) is 19.6 Å². The number of carbonyl (C=O) groups is 1. The molecule has 2 aromatic rings. The second kappa shape index (κ2) is 6.49.